The summed E-state index contributed by atoms with van der Waals surface area (Å²) in [6, 6.07) is 4.22. The molecule has 6 atom stereocenters. The number of aliphatic hydroxyl groups is 3. The minimum atomic E-state index is -5.94. The van der Waals surface area contributed by atoms with Crippen molar-refractivity contribution in [3.05, 3.63) is 63.2 Å². The minimum Gasteiger partial charge on any atom is -0.744 e. The van der Waals surface area contributed by atoms with Crippen molar-refractivity contribution in [3.63, 3.8) is 0 Å². The normalized spacial score (nSPS) is 45.3. The van der Waals surface area contributed by atoms with Crippen molar-refractivity contribution >= 4 is 15.9 Å². The molecule has 3 N–H and O–H groups in total. The molecule has 2 aromatic rings. The molecule has 12 bridgehead atoms. The summed E-state index contributed by atoms with van der Waals surface area (Å²) in [5.74, 6) is -8.15. The molecule has 14 rings (SSSR count). The van der Waals surface area contributed by atoms with Crippen LogP contribution >= 0.6 is 0 Å². The van der Waals surface area contributed by atoms with Gasteiger partial charge in [0.25, 0.3) is 0 Å². The Morgan fingerprint density at radius 1 is 0.589 bits per heavy atom. The van der Waals surface area contributed by atoms with Crippen molar-refractivity contribution in [2.45, 2.75) is 160 Å². The summed E-state index contributed by atoms with van der Waals surface area (Å²) in [5, 5.41) is 36.1. The molecular weight excluding hydrogens is 749 g/mol. The highest BCUT2D eigenvalue weighted by Gasteiger charge is 2.63. The van der Waals surface area contributed by atoms with E-state index in [9.17, 15) is 28.3 Å². The molecule has 0 amide bonds. The monoisotopic (exact) mass is 797 g/mol. The third-order valence-electron chi connectivity index (χ3n) is 17.2. The van der Waals surface area contributed by atoms with Gasteiger partial charge in [-0.3, -0.25) is 4.79 Å². The standard InChI is InChI=1S/C44H50F4O7S/c45-34-29(35(46)37(48)38(36(34)47)56(53,54)55)6-32(49)33-30(40-9-24-2-25(10-40)16-43(51,15-24)20-40)4-28(39-7-22-1-23(8-39)14-42(50,13-22)19-39)5-31(33)41-11-26-3-27(12-41)18-44(52,17-26)21-41/h4-5,22-27,50-52H,1-3,6-21H2,(H,53,54,55)/p-1. The molecule has 0 radical (unpaired) electrons. The van der Waals surface area contributed by atoms with E-state index in [1.54, 1.807) is 0 Å². The van der Waals surface area contributed by atoms with Crippen LogP contribution < -0.4 is 0 Å². The van der Waals surface area contributed by atoms with Crippen LogP contribution in [-0.2, 0) is 32.8 Å². The number of hydrogen-bond acceptors (Lipinski definition) is 7. The maximum atomic E-state index is 15.7. The Morgan fingerprint density at radius 3 is 1.27 bits per heavy atom. The zero-order valence-electron chi connectivity index (χ0n) is 31.4. The lowest BCUT2D eigenvalue weighted by atomic mass is 9.43. The van der Waals surface area contributed by atoms with Gasteiger partial charge in [-0.1, -0.05) is 12.1 Å². The van der Waals surface area contributed by atoms with Gasteiger partial charge in [0.2, 0.25) is 0 Å². The molecule has 0 aromatic heterocycles. The van der Waals surface area contributed by atoms with Crippen LogP contribution in [0.5, 0.6) is 0 Å². The fraction of sp³-hybridized carbons (Fsp3) is 0.705. The maximum Gasteiger partial charge on any atom is 0.179 e. The van der Waals surface area contributed by atoms with Crippen molar-refractivity contribution in [1.82, 2.24) is 0 Å². The maximum absolute atomic E-state index is 15.7. The predicted molar refractivity (Wildman–Crippen MR) is 193 cm³/mol. The van der Waals surface area contributed by atoms with Crippen LogP contribution in [0.15, 0.2) is 17.0 Å². The molecule has 0 heterocycles. The van der Waals surface area contributed by atoms with E-state index < -0.39 is 83.7 Å². The third-order valence-corrected chi connectivity index (χ3v) is 18.0. The van der Waals surface area contributed by atoms with E-state index in [0.29, 0.717) is 93.6 Å². The van der Waals surface area contributed by atoms with Gasteiger partial charge in [0, 0.05) is 17.5 Å². The van der Waals surface area contributed by atoms with E-state index in [2.05, 4.69) is 12.1 Å². The highest BCUT2D eigenvalue weighted by molar-refractivity contribution is 7.85. The number of halogens is 4. The van der Waals surface area contributed by atoms with Crippen LogP contribution in [0.2, 0.25) is 0 Å². The molecule has 12 fully saturated rings. The highest BCUT2D eigenvalue weighted by Crippen LogP contribution is 2.68. The van der Waals surface area contributed by atoms with Crippen LogP contribution in [0, 0.1) is 58.8 Å². The first kappa shape index (κ1) is 36.7. The summed E-state index contributed by atoms with van der Waals surface area (Å²) >= 11 is 0. The molecule has 0 aliphatic heterocycles. The van der Waals surface area contributed by atoms with Gasteiger partial charge in [-0.15, -0.1) is 0 Å². The number of benzene rings is 2. The second-order valence-electron chi connectivity index (χ2n) is 21.5. The fourth-order valence-corrected chi connectivity index (χ4v) is 17.6. The summed E-state index contributed by atoms with van der Waals surface area (Å²) in [6.45, 7) is 0. The molecule has 0 saturated heterocycles. The minimum absolute atomic E-state index is 0.205. The summed E-state index contributed by atoms with van der Waals surface area (Å²) in [5.41, 5.74) is -2.99. The van der Waals surface area contributed by atoms with Gasteiger partial charge in [0.15, 0.2) is 29.1 Å². The largest absolute Gasteiger partial charge is 0.744 e. The van der Waals surface area contributed by atoms with E-state index in [0.717, 1.165) is 50.5 Å². The molecular formula is C44H49F4O7S-. The Labute approximate surface area is 324 Å². The topological polar surface area (TPSA) is 135 Å². The number of hydrogen-bond donors (Lipinski definition) is 3. The molecule has 0 spiro atoms. The van der Waals surface area contributed by atoms with E-state index in [1.807, 2.05) is 0 Å². The van der Waals surface area contributed by atoms with Crippen molar-refractivity contribution < 1.29 is 50.6 Å². The van der Waals surface area contributed by atoms with Crippen molar-refractivity contribution in [2.24, 2.45) is 35.5 Å². The lowest BCUT2D eigenvalue weighted by Crippen LogP contribution is -2.59. The average molecular weight is 798 g/mol. The first-order chi connectivity index (χ1) is 26.2. The third kappa shape index (κ3) is 5.19. The Balaban J connectivity index is 1.16. The van der Waals surface area contributed by atoms with Crippen molar-refractivity contribution in [1.29, 1.82) is 0 Å². The smallest absolute Gasteiger partial charge is 0.179 e. The van der Waals surface area contributed by atoms with Gasteiger partial charge in [-0.2, -0.15) is 0 Å². The molecule has 12 aliphatic carbocycles. The van der Waals surface area contributed by atoms with Crippen molar-refractivity contribution in [3.8, 4) is 0 Å². The first-order valence-corrected chi connectivity index (χ1v) is 22.3. The Kier molecular flexibility index (Phi) is 7.37. The molecule has 12 aliphatic rings. The fourth-order valence-electron chi connectivity index (χ4n) is 17.0. The summed E-state index contributed by atoms with van der Waals surface area (Å²) < 4.78 is 96.9. The van der Waals surface area contributed by atoms with Crippen molar-refractivity contribution in [2.75, 3.05) is 0 Å². The number of rotatable bonds is 7. The molecule has 12 heteroatoms. The van der Waals surface area contributed by atoms with Gasteiger partial charge < -0.3 is 19.9 Å². The molecule has 7 nitrogen and oxygen atoms in total. The van der Waals surface area contributed by atoms with Crippen LogP contribution in [-0.4, -0.2) is 50.9 Å². The van der Waals surface area contributed by atoms with Gasteiger partial charge in [-0.05, 0) is 184 Å². The van der Waals surface area contributed by atoms with Crippen LogP contribution in [0.4, 0.5) is 17.6 Å². The number of carbonyl (C=O) groups is 1. The summed E-state index contributed by atoms with van der Waals surface area (Å²) in [4.78, 5) is 13.0. The number of Topliss-reactive ketones (excluding diaryl/α,β-unsaturated/α-hetero) is 1. The molecule has 2 aromatic carbocycles. The molecule has 6 unspecified atom stereocenters. The van der Waals surface area contributed by atoms with E-state index in [-0.39, 0.29) is 34.7 Å². The van der Waals surface area contributed by atoms with Crippen LogP contribution in [0.3, 0.4) is 0 Å². The SMILES string of the molecule is O=C(Cc1c(F)c(F)c(S(=O)(=O)[O-])c(F)c1F)c1c(C23CC4CC(CC(O)(C4)C2)C3)cc(C23CC4CC(CC(O)(C4)C2)C3)cc1C12CC3CC(CC(O)(C3)C1)C2. The Hall–Kier alpha value is -2.38. The Bertz CT molecular complexity index is 2090. The second kappa shape index (κ2) is 11.3. The molecule has 56 heavy (non-hydrogen) atoms. The van der Waals surface area contributed by atoms with Gasteiger partial charge >= 0.3 is 0 Å². The highest BCUT2D eigenvalue weighted by atomic mass is 32.2. The van der Waals surface area contributed by atoms with E-state index >= 15 is 22.4 Å². The molecule has 12 saturated carbocycles. The first-order valence-electron chi connectivity index (χ1n) is 20.9. The van der Waals surface area contributed by atoms with Crippen LogP contribution in [0.1, 0.15) is 148 Å². The van der Waals surface area contributed by atoms with Gasteiger partial charge in [0.05, 0.1) is 16.8 Å². The lowest BCUT2D eigenvalue weighted by molar-refractivity contribution is -0.139. The van der Waals surface area contributed by atoms with Gasteiger partial charge in [0.1, 0.15) is 15.0 Å². The summed E-state index contributed by atoms with van der Waals surface area (Å²) in [7, 11) is -5.94. The van der Waals surface area contributed by atoms with Crippen LogP contribution in [0.25, 0.3) is 0 Å². The molecule has 302 valence electrons. The van der Waals surface area contributed by atoms with E-state index in [1.165, 1.54) is 0 Å². The quantitative estimate of drug-likeness (QED) is 0.116. The lowest BCUT2D eigenvalue weighted by Gasteiger charge is -2.63. The van der Waals surface area contributed by atoms with Gasteiger partial charge in [-0.25, -0.2) is 26.0 Å². The zero-order chi connectivity index (χ0) is 39.2. The predicted octanol–water partition coefficient (Wildman–Crippen LogP) is 7.32. The zero-order valence-corrected chi connectivity index (χ0v) is 32.3. The average Bonchev–Trinajstić information content (AvgIpc) is 3.05. The number of carbonyl (C=O) groups excluding carboxylic acids is 1. The van der Waals surface area contributed by atoms with E-state index in [4.69, 9.17) is 0 Å². The Morgan fingerprint density at radius 2 is 0.929 bits per heavy atom. The number of ketones is 1. The second-order valence-corrected chi connectivity index (χ2v) is 22.8. The summed E-state index contributed by atoms with van der Waals surface area (Å²) in [6.07, 6.45) is 12.1.